The van der Waals surface area contributed by atoms with E-state index < -0.39 is 11.0 Å². The number of aliphatic hydroxyl groups is 1. The molecule has 0 aliphatic heterocycles. The quantitative estimate of drug-likeness (QED) is 0.689. The average Bonchev–Trinajstić information content (AvgIpc) is 2.76. The van der Waals surface area contributed by atoms with Crippen molar-refractivity contribution in [2.45, 2.75) is 19.4 Å². The molecule has 1 atom stereocenters. The van der Waals surface area contributed by atoms with E-state index in [1.54, 1.807) is 31.2 Å². The van der Waals surface area contributed by atoms with Crippen molar-refractivity contribution in [3.63, 3.8) is 0 Å². The van der Waals surface area contributed by atoms with Crippen LogP contribution >= 0.6 is 15.9 Å². The molecule has 0 saturated carbocycles. The Kier molecular flexibility index (Phi) is 4.01. The molecule has 1 heterocycles. The molecule has 0 radical (unpaired) electrons. The van der Waals surface area contributed by atoms with Gasteiger partial charge >= 0.3 is 0 Å². The van der Waals surface area contributed by atoms with E-state index in [9.17, 15) is 15.2 Å². The molecule has 1 unspecified atom stereocenters. The Morgan fingerprint density at radius 2 is 2.16 bits per heavy atom. The highest BCUT2D eigenvalue weighted by Gasteiger charge is 2.15. The number of hydrogen-bond donors (Lipinski definition) is 1. The molecule has 19 heavy (non-hydrogen) atoms. The second kappa shape index (κ2) is 5.54. The Morgan fingerprint density at radius 3 is 2.79 bits per heavy atom. The van der Waals surface area contributed by atoms with Gasteiger partial charge in [0.05, 0.1) is 15.5 Å². The highest BCUT2D eigenvalue weighted by atomic mass is 79.9. The first-order valence-corrected chi connectivity index (χ1v) is 6.48. The van der Waals surface area contributed by atoms with Gasteiger partial charge in [0.1, 0.15) is 11.5 Å². The molecule has 0 bridgehead atoms. The van der Waals surface area contributed by atoms with E-state index in [4.69, 9.17) is 4.42 Å². The summed E-state index contributed by atoms with van der Waals surface area (Å²) in [7, 11) is 0. The molecule has 0 fully saturated rings. The molecule has 0 aliphatic rings. The van der Waals surface area contributed by atoms with Crippen LogP contribution in [0.25, 0.3) is 11.3 Å². The van der Waals surface area contributed by atoms with Gasteiger partial charge < -0.3 is 9.52 Å². The number of furan rings is 1. The maximum atomic E-state index is 10.9. The fourth-order valence-corrected chi connectivity index (χ4v) is 2.13. The molecule has 5 nitrogen and oxygen atoms in total. The SMILES string of the molecule is CC(O)Cc1ccc(-c2ccc(Br)c([N+](=O)[O-])c2)o1. The molecule has 1 aromatic carbocycles. The van der Waals surface area contributed by atoms with E-state index in [0.717, 1.165) is 0 Å². The zero-order valence-electron chi connectivity index (χ0n) is 10.2. The Balaban J connectivity index is 2.34. The number of nitrogens with zero attached hydrogens (tertiary/aromatic N) is 1. The second-order valence-electron chi connectivity index (χ2n) is 4.24. The predicted octanol–water partition coefficient (Wildman–Crippen LogP) is 3.54. The van der Waals surface area contributed by atoms with Crippen LogP contribution in [0.15, 0.2) is 39.2 Å². The van der Waals surface area contributed by atoms with E-state index in [1.807, 2.05) is 0 Å². The van der Waals surface area contributed by atoms with Crippen molar-refractivity contribution in [3.8, 4) is 11.3 Å². The van der Waals surface area contributed by atoms with Crippen LogP contribution in [0.1, 0.15) is 12.7 Å². The molecule has 2 rings (SSSR count). The maximum absolute atomic E-state index is 10.9. The number of rotatable bonds is 4. The average molecular weight is 326 g/mol. The van der Waals surface area contributed by atoms with Crippen LogP contribution in [0.3, 0.4) is 0 Å². The molecule has 0 amide bonds. The first-order valence-electron chi connectivity index (χ1n) is 5.68. The van der Waals surface area contributed by atoms with Gasteiger partial charge in [-0.25, -0.2) is 0 Å². The molecule has 2 aromatic rings. The van der Waals surface area contributed by atoms with Gasteiger partial charge in [0.2, 0.25) is 0 Å². The smallest absolute Gasteiger partial charge is 0.284 e. The molecular weight excluding hydrogens is 314 g/mol. The number of nitro benzene ring substituents is 1. The zero-order chi connectivity index (χ0) is 14.0. The first kappa shape index (κ1) is 13.8. The van der Waals surface area contributed by atoms with Gasteiger partial charge in [-0.05, 0) is 47.1 Å². The largest absolute Gasteiger partial charge is 0.461 e. The van der Waals surface area contributed by atoms with Crippen LogP contribution in [-0.4, -0.2) is 16.1 Å². The number of halogens is 1. The van der Waals surface area contributed by atoms with Gasteiger partial charge in [0.15, 0.2) is 0 Å². The molecule has 100 valence electrons. The maximum Gasteiger partial charge on any atom is 0.284 e. The van der Waals surface area contributed by atoms with E-state index >= 15 is 0 Å². The number of aliphatic hydroxyl groups excluding tert-OH is 1. The molecule has 1 aromatic heterocycles. The third kappa shape index (κ3) is 3.21. The molecule has 0 aliphatic carbocycles. The summed E-state index contributed by atoms with van der Waals surface area (Å²) in [6.45, 7) is 1.67. The van der Waals surface area contributed by atoms with Gasteiger partial charge in [-0.3, -0.25) is 10.1 Å². The summed E-state index contributed by atoms with van der Waals surface area (Å²) in [4.78, 5) is 10.4. The molecule has 1 N–H and O–H groups in total. The summed E-state index contributed by atoms with van der Waals surface area (Å²) in [6, 6.07) is 8.31. The van der Waals surface area contributed by atoms with Gasteiger partial charge in [-0.15, -0.1) is 0 Å². The standard InChI is InChI=1S/C13H12BrNO4/c1-8(16)6-10-3-5-13(19-10)9-2-4-11(14)12(7-9)15(17)18/h2-5,7-8,16H,6H2,1H3. The van der Waals surface area contributed by atoms with Crippen LogP contribution in [0.2, 0.25) is 0 Å². The highest BCUT2D eigenvalue weighted by molar-refractivity contribution is 9.10. The van der Waals surface area contributed by atoms with Crippen molar-refractivity contribution in [2.24, 2.45) is 0 Å². The minimum Gasteiger partial charge on any atom is -0.461 e. The van der Waals surface area contributed by atoms with Gasteiger partial charge in [-0.1, -0.05) is 0 Å². The Morgan fingerprint density at radius 1 is 1.42 bits per heavy atom. The Bertz CT molecular complexity index is 606. The molecule has 6 heteroatoms. The highest BCUT2D eigenvalue weighted by Crippen LogP contribution is 2.31. The van der Waals surface area contributed by atoms with Crippen LogP contribution in [0, 0.1) is 10.1 Å². The monoisotopic (exact) mass is 325 g/mol. The Hall–Kier alpha value is -1.66. The lowest BCUT2D eigenvalue weighted by atomic mass is 10.1. The summed E-state index contributed by atoms with van der Waals surface area (Å²) in [5.74, 6) is 1.20. The van der Waals surface area contributed by atoms with Crippen molar-refractivity contribution in [3.05, 3.63) is 50.7 Å². The lowest BCUT2D eigenvalue weighted by Gasteiger charge is -2.01. The number of hydrogen-bond acceptors (Lipinski definition) is 4. The van der Waals surface area contributed by atoms with Crippen LogP contribution in [0.4, 0.5) is 5.69 Å². The van der Waals surface area contributed by atoms with Gasteiger partial charge in [0, 0.05) is 18.1 Å². The van der Waals surface area contributed by atoms with Crippen LogP contribution < -0.4 is 0 Å². The number of nitro groups is 1. The minimum atomic E-state index is -0.488. The lowest BCUT2D eigenvalue weighted by molar-refractivity contribution is -0.385. The third-order valence-electron chi connectivity index (χ3n) is 2.59. The summed E-state index contributed by atoms with van der Waals surface area (Å²) in [5.41, 5.74) is 0.623. The predicted molar refractivity (Wildman–Crippen MR) is 73.9 cm³/mol. The molecular formula is C13H12BrNO4. The van der Waals surface area contributed by atoms with Gasteiger partial charge in [-0.2, -0.15) is 0 Å². The minimum absolute atomic E-state index is 0.00836. The third-order valence-corrected chi connectivity index (χ3v) is 3.26. The lowest BCUT2D eigenvalue weighted by Crippen LogP contribution is -2.02. The second-order valence-corrected chi connectivity index (χ2v) is 5.10. The topological polar surface area (TPSA) is 76.5 Å². The van der Waals surface area contributed by atoms with E-state index in [2.05, 4.69) is 15.9 Å². The van der Waals surface area contributed by atoms with Crippen molar-refractivity contribution >= 4 is 21.6 Å². The zero-order valence-corrected chi connectivity index (χ0v) is 11.8. The van der Waals surface area contributed by atoms with Crippen molar-refractivity contribution in [1.82, 2.24) is 0 Å². The summed E-state index contributed by atoms with van der Waals surface area (Å²) < 4.78 is 5.99. The van der Waals surface area contributed by atoms with E-state index in [1.165, 1.54) is 6.07 Å². The fourth-order valence-electron chi connectivity index (χ4n) is 1.74. The van der Waals surface area contributed by atoms with E-state index in [0.29, 0.717) is 28.0 Å². The molecule has 0 spiro atoms. The summed E-state index contributed by atoms with van der Waals surface area (Å²) in [6.07, 6.45) is -0.0724. The summed E-state index contributed by atoms with van der Waals surface area (Å²) >= 11 is 3.14. The number of benzene rings is 1. The normalized spacial score (nSPS) is 12.4. The fraction of sp³-hybridized carbons (Fsp3) is 0.231. The van der Waals surface area contributed by atoms with Gasteiger partial charge in [0.25, 0.3) is 5.69 Å². The van der Waals surface area contributed by atoms with Crippen LogP contribution in [0.5, 0.6) is 0 Å². The van der Waals surface area contributed by atoms with Crippen molar-refractivity contribution in [1.29, 1.82) is 0 Å². The van der Waals surface area contributed by atoms with E-state index in [-0.39, 0.29) is 5.69 Å². The summed E-state index contributed by atoms with van der Waals surface area (Å²) in [5, 5.41) is 20.2. The Labute approximate surface area is 118 Å². The van der Waals surface area contributed by atoms with Crippen LogP contribution in [-0.2, 0) is 6.42 Å². The van der Waals surface area contributed by atoms with Crippen molar-refractivity contribution in [2.75, 3.05) is 0 Å². The van der Waals surface area contributed by atoms with Crippen molar-refractivity contribution < 1.29 is 14.4 Å². The first-order chi connectivity index (χ1) is 8.97. The molecule has 0 saturated heterocycles.